The third kappa shape index (κ3) is 3.96. The van der Waals surface area contributed by atoms with Gasteiger partial charge >= 0.3 is 0 Å². The number of ether oxygens (including phenoxy) is 1. The van der Waals surface area contributed by atoms with E-state index in [4.69, 9.17) is 10.5 Å². The molecule has 0 atom stereocenters. The van der Waals surface area contributed by atoms with E-state index in [1.54, 1.807) is 6.07 Å². The zero-order chi connectivity index (χ0) is 14.4. The molecule has 2 rings (SSSR count). The lowest BCUT2D eigenvalue weighted by Crippen LogP contribution is -2.29. The molecule has 0 unspecified atom stereocenters. The smallest absolute Gasteiger partial charge is 0.251 e. The van der Waals surface area contributed by atoms with E-state index in [-0.39, 0.29) is 19.1 Å². The van der Waals surface area contributed by atoms with E-state index in [9.17, 15) is 9.59 Å². The Hall–Kier alpha value is -2.08. The van der Waals surface area contributed by atoms with Gasteiger partial charge in [0.15, 0.2) is 0 Å². The predicted octanol–water partition coefficient (Wildman–Crippen LogP) is 0.276. The predicted molar refractivity (Wildman–Crippen MR) is 75.6 cm³/mol. The number of hydrogen-bond acceptors (Lipinski definition) is 4. The third-order valence-corrected chi connectivity index (χ3v) is 3.08. The number of fused-ring (bicyclic) bond motifs is 1. The highest BCUT2D eigenvalue weighted by Gasteiger charge is 2.12. The fourth-order valence-corrected chi connectivity index (χ4v) is 2.13. The maximum absolute atomic E-state index is 11.9. The first kappa shape index (κ1) is 14.3. The molecule has 6 heteroatoms. The number of anilines is 1. The molecule has 1 aliphatic rings. The molecule has 0 bridgehead atoms. The van der Waals surface area contributed by atoms with E-state index in [2.05, 4.69) is 10.6 Å². The van der Waals surface area contributed by atoms with Crippen LogP contribution in [0.15, 0.2) is 18.2 Å². The summed E-state index contributed by atoms with van der Waals surface area (Å²) in [6.07, 6.45) is 2.07. The minimum Gasteiger partial charge on any atom is -0.385 e. The second-order valence-electron chi connectivity index (χ2n) is 4.68. The molecule has 108 valence electrons. The molecule has 0 saturated carbocycles. The Kier molecular flexibility index (Phi) is 4.95. The quantitative estimate of drug-likeness (QED) is 0.651. The molecule has 0 radical (unpaired) electrons. The Labute approximate surface area is 117 Å². The van der Waals surface area contributed by atoms with Gasteiger partial charge in [-0.05, 0) is 36.6 Å². The van der Waals surface area contributed by atoms with Gasteiger partial charge in [-0.1, -0.05) is 0 Å². The minimum absolute atomic E-state index is 0.125. The van der Waals surface area contributed by atoms with E-state index in [1.807, 2.05) is 12.1 Å². The first-order valence-corrected chi connectivity index (χ1v) is 6.68. The number of primary amides is 1. The summed E-state index contributed by atoms with van der Waals surface area (Å²) in [5.41, 5.74) is 7.86. The summed E-state index contributed by atoms with van der Waals surface area (Å²) < 4.78 is 4.97. The maximum Gasteiger partial charge on any atom is 0.251 e. The van der Waals surface area contributed by atoms with Crippen molar-refractivity contribution in [2.75, 3.05) is 31.6 Å². The number of hydrogen-bond donors (Lipinski definition) is 3. The molecule has 1 aromatic carbocycles. The van der Waals surface area contributed by atoms with Crippen molar-refractivity contribution in [2.24, 2.45) is 5.73 Å². The van der Waals surface area contributed by atoms with Gasteiger partial charge in [0, 0.05) is 24.3 Å². The Morgan fingerprint density at radius 1 is 1.40 bits per heavy atom. The zero-order valence-electron chi connectivity index (χ0n) is 11.3. The molecule has 2 amide bonds. The Morgan fingerprint density at radius 3 is 3.05 bits per heavy atom. The molecule has 0 spiro atoms. The number of benzene rings is 1. The molecule has 1 aromatic rings. The lowest BCUT2D eigenvalue weighted by molar-refractivity contribution is -0.122. The number of aryl methyl sites for hydroxylation is 1. The van der Waals surface area contributed by atoms with Crippen molar-refractivity contribution >= 4 is 17.5 Å². The van der Waals surface area contributed by atoms with Gasteiger partial charge in [-0.25, -0.2) is 0 Å². The molecule has 6 nitrogen and oxygen atoms in total. The van der Waals surface area contributed by atoms with E-state index in [0.717, 1.165) is 25.1 Å². The van der Waals surface area contributed by atoms with Crippen molar-refractivity contribution in [3.63, 3.8) is 0 Å². The molecular formula is C14H19N3O3. The molecule has 0 aromatic heterocycles. The maximum atomic E-state index is 11.9. The lowest BCUT2D eigenvalue weighted by atomic mass is 10.0. The van der Waals surface area contributed by atoms with Crippen molar-refractivity contribution < 1.29 is 14.3 Å². The van der Waals surface area contributed by atoms with Crippen LogP contribution in [-0.4, -0.2) is 38.1 Å². The van der Waals surface area contributed by atoms with Gasteiger partial charge in [0.25, 0.3) is 5.91 Å². The van der Waals surface area contributed by atoms with Gasteiger partial charge in [-0.2, -0.15) is 0 Å². The number of carbonyl (C=O) groups is 2. The fourth-order valence-electron chi connectivity index (χ4n) is 2.13. The van der Waals surface area contributed by atoms with Gasteiger partial charge in [0.2, 0.25) is 5.91 Å². The summed E-state index contributed by atoms with van der Waals surface area (Å²) in [5.74, 6) is -0.653. The van der Waals surface area contributed by atoms with Crippen molar-refractivity contribution in [2.45, 2.75) is 12.8 Å². The molecule has 1 aliphatic heterocycles. The zero-order valence-corrected chi connectivity index (χ0v) is 11.3. The van der Waals surface area contributed by atoms with Gasteiger partial charge in [-0.3, -0.25) is 9.59 Å². The van der Waals surface area contributed by atoms with Crippen molar-refractivity contribution in [1.29, 1.82) is 0 Å². The van der Waals surface area contributed by atoms with Crippen LogP contribution in [0.5, 0.6) is 0 Å². The van der Waals surface area contributed by atoms with Gasteiger partial charge in [0.1, 0.15) is 6.61 Å². The summed E-state index contributed by atoms with van der Waals surface area (Å²) in [5, 5.41) is 6.05. The highest BCUT2D eigenvalue weighted by molar-refractivity contribution is 5.95. The SMILES string of the molecule is NC(=O)COCCNC(=O)c1ccc2c(c1)CCCN2. The molecule has 4 N–H and O–H groups in total. The summed E-state index contributed by atoms with van der Waals surface area (Å²) in [7, 11) is 0. The van der Waals surface area contributed by atoms with E-state index in [1.165, 1.54) is 5.56 Å². The largest absolute Gasteiger partial charge is 0.385 e. The normalized spacial score (nSPS) is 13.2. The van der Waals surface area contributed by atoms with Crippen LogP contribution in [0.4, 0.5) is 5.69 Å². The number of nitrogens with two attached hydrogens (primary N) is 1. The van der Waals surface area contributed by atoms with Crippen LogP contribution < -0.4 is 16.4 Å². The second-order valence-corrected chi connectivity index (χ2v) is 4.68. The molecular weight excluding hydrogens is 258 g/mol. The second kappa shape index (κ2) is 6.91. The summed E-state index contributed by atoms with van der Waals surface area (Å²) >= 11 is 0. The van der Waals surface area contributed by atoms with Gasteiger partial charge < -0.3 is 21.1 Å². The van der Waals surface area contributed by atoms with Crippen LogP contribution in [0.1, 0.15) is 22.3 Å². The van der Waals surface area contributed by atoms with Gasteiger partial charge in [-0.15, -0.1) is 0 Å². The number of rotatable bonds is 6. The Bertz CT molecular complexity index is 502. The van der Waals surface area contributed by atoms with Crippen LogP contribution in [-0.2, 0) is 16.0 Å². The molecule has 0 saturated heterocycles. The summed E-state index contributed by atoms with van der Waals surface area (Å²) in [6, 6.07) is 5.66. The number of carbonyl (C=O) groups excluding carboxylic acids is 2. The van der Waals surface area contributed by atoms with Gasteiger partial charge in [0.05, 0.1) is 6.61 Å². The van der Waals surface area contributed by atoms with Crippen LogP contribution in [0, 0.1) is 0 Å². The van der Waals surface area contributed by atoms with Crippen LogP contribution in [0.25, 0.3) is 0 Å². The van der Waals surface area contributed by atoms with E-state index in [0.29, 0.717) is 12.1 Å². The standard InChI is InChI=1S/C14H19N3O3/c15-13(18)9-20-7-6-17-14(19)11-3-4-12-10(8-11)2-1-5-16-12/h3-4,8,16H,1-2,5-7,9H2,(H2,15,18)(H,17,19). The van der Waals surface area contributed by atoms with E-state index >= 15 is 0 Å². The average molecular weight is 277 g/mol. The Morgan fingerprint density at radius 2 is 2.25 bits per heavy atom. The molecule has 20 heavy (non-hydrogen) atoms. The first-order chi connectivity index (χ1) is 9.66. The minimum atomic E-state index is -0.515. The Balaban J connectivity index is 1.82. The summed E-state index contributed by atoms with van der Waals surface area (Å²) in [6.45, 7) is 1.47. The summed E-state index contributed by atoms with van der Waals surface area (Å²) in [4.78, 5) is 22.4. The van der Waals surface area contributed by atoms with Crippen molar-refractivity contribution in [3.8, 4) is 0 Å². The average Bonchev–Trinajstić information content (AvgIpc) is 2.46. The number of nitrogens with one attached hydrogen (secondary N) is 2. The highest BCUT2D eigenvalue weighted by atomic mass is 16.5. The van der Waals surface area contributed by atoms with E-state index < -0.39 is 5.91 Å². The molecule has 0 fully saturated rings. The third-order valence-electron chi connectivity index (χ3n) is 3.08. The molecule has 1 heterocycles. The lowest BCUT2D eigenvalue weighted by Gasteiger charge is -2.18. The van der Waals surface area contributed by atoms with Crippen molar-refractivity contribution in [3.05, 3.63) is 29.3 Å². The topological polar surface area (TPSA) is 93.5 Å². The first-order valence-electron chi connectivity index (χ1n) is 6.68. The van der Waals surface area contributed by atoms with Crippen LogP contribution in [0.3, 0.4) is 0 Å². The fraction of sp³-hybridized carbons (Fsp3) is 0.429. The molecule has 0 aliphatic carbocycles. The highest BCUT2D eigenvalue weighted by Crippen LogP contribution is 2.22. The van der Waals surface area contributed by atoms with Crippen molar-refractivity contribution in [1.82, 2.24) is 5.32 Å². The van der Waals surface area contributed by atoms with Crippen LogP contribution >= 0.6 is 0 Å². The monoisotopic (exact) mass is 277 g/mol. The van der Waals surface area contributed by atoms with Crippen LogP contribution in [0.2, 0.25) is 0 Å². The number of amides is 2.